The number of carbonyl (C=O) groups excluding carboxylic acids is 1. The minimum absolute atomic E-state index is 0.00373. The molecule has 1 fully saturated rings. The zero-order valence-corrected chi connectivity index (χ0v) is 14.6. The molecule has 0 unspecified atom stereocenters. The lowest BCUT2D eigenvalue weighted by Crippen LogP contribution is -2.38. The SMILES string of the molecule is COC(=O)c1ccc(OC)c(S(=O)(=O)N(C)C2CCCCC2)c1. The average Bonchev–Trinajstić information content (AvgIpc) is 2.60. The van der Waals surface area contributed by atoms with Gasteiger partial charge in [0.15, 0.2) is 0 Å². The molecule has 7 heteroatoms. The molecular formula is C16H23NO5S. The summed E-state index contributed by atoms with van der Waals surface area (Å²) in [6, 6.07) is 4.28. The first-order chi connectivity index (χ1) is 10.9. The quantitative estimate of drug-likeness (QED) is 0.769. The lowest BCUT2D eigenvalue weighted by molar-refractivity contribution is 0.0600. The van der Waals surface area contributed by atoms with Gasteiger partial charge in [-0.15, -0.1) is 0 Å². The molecule has 1 aromatic rings. The number of methoxy groups -OCH3 is 2. The van der Waals surface area contributed by atoms with Gasteiger partial charge in [0.2, 0.25) is 10.0 Å². The first kappa shape index (κ1) is 17.7. The van der Waals surface area contributed by atoms with Gasteiger partial charge in [-0.2, -0.15) is 4.31 Å². The third kappa shape index (κ3) is 3.67. The molecule has 1 aromatic carbocycles. The highest BCUT2D eigenvalue weighted by Gasteiger charge is 2.32. The molecule has 0 radical (unpaired) electrons. The molecule has 2 rings (SSSR count). The van der Waals surface area contributed by atoms with E-state index >= 15 is 0 Å². The fraction of sp³-hybridized carbons (Fsp3) is 0.562. The summed E-state index contributed by atoms with van der Waals surface area (Å²) in [5, 5.41) is 0. The number of ether oxygens (including phenoxy) is 2. The van der Waals surface area contributed by atoms with Crippen molar-refractivity contribution in [3.05, 3.63) is 23.8 Å². The van der Waals surface area contributed by atoms with E-state index in [-0.39, 0.29) is 22.3 Å². The Hall–Kier alpha value is -1.60. The normalized spacial score (nSPS) is 16.3. The van der Waals surface area contributed by atoms with Crippen molar-refractivity contribution in [1.82, 2.24) is 4.31 Å². The molecule has 128 valence electrons. The second-order valence-corrected chi connectivity index (χ2v) is 7.64. The summed E-state index contributed by atoms with van der Waals surface area (Å²) in [6.45, 7) is 0. The van der Waals surface area contributed by atoms with Crippen molar-refractivity contribution in [2.24, 2.45) is 0 Å². The Morgan fingerprint density at radius 3 is 2.39 bits per heavy atom. The first-order valence-corrected chi connectivity index (χ1v) is 9.10. The van der Waals surface area contributed by atoms with Crippen LogP contribution in [0, 0.1) is 0 Å². The molecule has 0 N–H and O–H groups in total. The Kier molecular flexibility index (Phi) is 5.64. The van der Waals surface area contributed by atoms with Gasteiger partial charge >= 0.3 is 5.97 Å². The van der Waals surface area contributed by atoms with Crippen LogP contribution in [-0.4, -0.2) is 46.0 Å². The van der Waals surface area contributed by atoms with Gasteiger partial charge in [-0.3, -0.25) is 0 Å². The summed E-state index contributed by atoms with van der Waals surface area (Å²) in [4.78, 5) is 11.7. The molecule has 0 heterocycles. The predicted octanol–water partition coefficient (Wildman–Crippen LogP) is 2.44. The van der Waals surface area contributed by atoms with E-state index in [1.807, 2.05) is 0 Å². The van der Waals surface area contributed by atoms with E-state index in [4.69, 9.17) is 4.74 Å². The summed E-state index contributed by atoms with van der Waals surface area (Å²) in [5.41, 5.74) is 0.184. The largest absolute Gasteiger partial charge is 0.495 e. The molecule has 23 heavy (non-hydrogen) atoms. The van der Waals surface area contributed by atoms with Crippen LogP contribution in [0.1, 0.15) is 42.5 Å². The Bertz CT molecular complexity index is 665. The number of hydrogen-bond donors (Lipinski definition) is 0. The van der Waals surface area contributed by atoms with E-state index in [1.54, 1.807) is 7.05 Å². The molecule has 0 spiro atoms. The number of sulfonamides is 1. The lowest BCUT2D eigenvalue weighted by atomic mass is 9.96. The number of benzene rings is 1. The van der Waals surface area contributed by atoms with Crippen molar-refractivity contribution in [2.75, 3.05) is 21.3 Å². The molecular weight excluding hydrogens is 318 g/mol. The summed E-state index contributed by atoms with van der Waals surface area (Å²) < 4.78 is 37.2. The topological polar surface area (TPSA) is 72.9 Å². The van der Waals surface area contributed by atoms with Crippen LogP contribution in [-0.2, 0) is 14.8 Å². The number of carbonyl (C=O) groups is 1. The minimum Gasteiger partial charge on any atom is -0.495 e. The van der Waals surface area contributed by atoms with Crippen LogP contribution < -0.4 is 4.74 Å². The van der Waals surface area contributed by atoms with Gasteiger partial charge in [0, 0.05) is 13.1 Å². The smallest absolute Gasteiger partial charge is 0.337 e. The van der Waals surface area contributed by atoms with Gasteiger partial charge in [0.1, 0.15) is 10.6 Å². The maximum atomic E-state index is 13.0. The van der Waals surface area contributed by atoms with Crippen molar-refractivity contribution in [1.29, 1.82) is 0 Å². The van der Waals surface area contributed by atoms with Crippen molar-refractivity contribution in [3.63, 3.8) is 0 Å². The second-order valence-electron chi connectivity index (χ2n) is 5.67. The zero-order chi connectivity index (χ0) is 17.0. The van der Waals surface area contributed by atoms with Gasteiger partial charge < -0.3 is 9.47 Å². The van der Waals surface area contributed by atoms with Crippen LogP contribution in [0.25, 0.3) is 0 Å². The summed E-state index contributed by atoms with van der Waals surface area (Å²) >= 11 is 0. The highest BCUT2D eigenvalue weighted by atomic mass is 32.2. The fourth-order valence-corrected chi connectivity index (χ4v) is 4.51. The van der Waals surface area contributed by atoms with Gasteiger partial charge in [-0.1, -0.05) is 19.3 Å². The third-order valence-electron chi connectivity index (χ3n) is 4.33. The van der Waals surface area contributed by atoms with E-state index in [2.05, 4.69) is 4.74 Å². The van der Waals surface area contributed by atoms with Gasteiger partial charge in [0.25, 0.3) is 0 Å². The Morgan fingerprint density at radius 1 is 1.17 bits per heavy atom. The third-order valence-corrected chi connectivity index (χ3v) is 6.26. The molecule has 0 bridgehead atoms. The molecule has 0 saturated heterocycles. The van der Waals surface area contributed by atoms with Crippen LogP contribution in [0.4, 0.5) is 0 Å². The van der Waals surface area contributed by atoms with E-state index in [1.165, 1.54) is 36.7 Å². The van der Waals surface area contributed by atoms with Crippen molar-refractivity contribution in [3.8, 4) is 5.75 Å². The average molecular weight is 341 g/mol. The summed E-state index contributed by atoms with van der Waals surface area (Å²) in [5.74, 6) is -0.357. The van der Waals surface area contributed by atoms with E-state index in [0.717, 1.165) is 32.1 Å². The number of nitrogens with zero attached hydrogens (tertiary/aromatic N) is 1. The molecule has 1 aliphatic rings. The molecule has 0 aliphatic heterocycles. The van der Waals surface area contributed by atoms with Crippen molar-refractivity contribution < 1.29 is 22.7 Å². The van der Waals surface area contributed by atoms with Crippen LogP contribution in [0.15, 0.2) is 23.1 Å². The molecule has 6 nitrogen and oxygen atoms in total. The second kappa shape index (κ2) is 7.31. The van der Waals surface area contributed by atoms with Crippen molar-refractivity contribution in [2.45, 2.75) is 43.0 Å². The fourth-order valence-electron chi connectivity index (χ4n) is 2.92. The van der Waals surface area contributed by atoms with Crippen LogP contribution in [0.2, 0.25) is 0 Å². The predicted molar refractivity (Wildman–Crippen MR) is 86.2 cm³/mol. The first-order valence-electron chi connectivity index (χ1n) is 7.66. The van der Waals surface area contributed by atoms with Gasteiger partial charge in [-0.05, 0) is 31.0 Å². The standard InChI is InChI=1S/C16H23NO5S/c1-17(13-7-5-4-6-8-13)23(19,20)15-11-12(16(18)22-3)9-10-14(15)21-2/h9-11,13H,4-8H2,1-3H3. The lowest BCUT2D eigenvalue weighted by Gasteiger charge is -2.30. The highest BCUT2D eigenvalue weighted by molar-refractivity contribution is 7.89. The summed E-state index contributed by atoms with van der Waals surface area (Å²) in [6.07, 6.45) is 4.92. The monoisotopic (exact) mass is 341 g/mol. The maximum Gasteiger partial charge on any atom is 0.337 e. The molecule has 1 aliphatic carbocycles. The number of hydrogen-bond acceptors (Lipinski definition) is 5. The Balaban J connectivity index is 2.42. The number of esters is 1. The van der Waals surface area contributed by atoms with Crippen LogP contribution >= 0.6 is 0 Å². The van der Waals surface area contributed by atoms with Crippen LogP contribution in [0.5, 0.6) is 5.75 Å². The molecule has 0 atom stereocenters. The maximum absolute atomic E-state index is 13.0. The number of rotatable bonds is 5. The summed E-state index contributed by atoms with van der Waals surface area (Å²) in [7, 11) is 0.516. The van der Waals surface area contributed by atoms with E-state index in [9.17, 15) is 13.2 Å². The van der Waals surface area contributed by atoms with Crippen LogP contribution in [0.3, 0.4) is 0 Å². The molecule has 0 amide bonds. The highest BCUT2D eigenvalue weighted by Crippen LogP contribution is 2.31. The minimum atomic E-state index is -3.75. The Labute approximate surface area is 137 Å². The Morgan fingerprint density at radius 2 is 1.83 bits per heavy atom. The van der Waals surface area contributed by atoms with Gasteiger partial charge in [-0.25, -0.2) is 13.2 Å². The zero-order valence-electron chi connectivity index (χ0n) is 13.7. The van der Waals surface area contributed by atoms with Gasteiger partial charge in [0.05, 0.1) is 19.8 Å². The van der Waals surface area contributed by atoms with Crippen molar-refractivity contribution >= 4 is 16.0 Å². The molecule has 1 saturated carbocycles. The van der Waals surface area contributed by atoms with E-state index < -0.39 is 16.0 Å². The van der Waals surface area contributed by atoms with E-state index in [0.29, 0.717) is 0 Å². The molecule has 0 aromatic heterocycles.